The second kappa shape index (κ2) is 4.57. The molecule has 19 heavy (non-hydrogen) atoms. The zero-order chi connectivity index (χ0) is 13.6. The first-order valence-corrected chi connectivity index (χ1v) is 6.08. The van der Waals surface area contributed by atoms with Gasteiger partial charge in [-0.15, -0.1) is 0 Å². The van der Waals surface area contributed by atoms with Crippen molar-refractivity contribution in [2.24, 2.45) is 0 Å². The Labute approximate surface area is 112 Å². The number of nitrogens with zero attached hydrogens (tertiary/aromatic N) is 4. The molecule has 1 saturated heterocycles. The number of aromatic nitrogens is 4. The minimum absolute atomic E-state index is 0.0384. The van der Waals surface area contributed by atoms with Crippen LogP contribution in [-0.2, 0) is 4.74 Å². The van der Waals surface area contributed by atoms with Gasteiger partial charge in [0.15, 0.2) is 10.8 Å². The molecule has 3 heterocycles. The lowest BCUT2D eigenvalue weighted by Crippen LogP contribution is -2.24. The summed E-state index contributed by atoms with van der Waals surface area (Å²) in [6, 6.07) is 0. The second-order valence-electron chi connectivity index (χ2n) is 4.31. The monoisotopic (exact) mass is 285 g/mol. The van der Waals surface area contributed by atoms with E-state index in [0.717, 1.165) is 0 Å². The number of ether oxygens (including phenoxy) is 1. The molecule has 1 unspecified atom stereocenters. The summed E-state index contributed by atoms with van der Waals surface area (Å²) < 4.78 is 7.16. The van der Waals surface area contributed by atoms with Gasteiger partial charge in [-0.1, -0.05) is 11.6 Å². The number of aliphatic hydroxyl groups is 2. The van der Waals surface area contributed by atoms with E-state index in [4.69, 9.17) is 27.2 Å². The van der Waals surface area contributed by atoms with Gasteiger partial charge in [-0.3, -0.25) is 4.57 Å². The average molecular weight is 286 g/mol. The molecule has 0 spiro atoms. The van der Waals surface area contributed by atoms with Gasteiger partial charge in [0.05, 0.1) is 19.0 Å². The van der Waals surface area contributed by atoms with Crippen LogP contribution in [0.1, 0.15) is 12.6 Å². The van der Waals surface area contributed by atoms with E-state index < -0.39 is 18.4 Å². The van der Waals surface area contributed by atoms with Crippen molar-refractivity contribution < 1.29 is 14.9 Å². The minimum atomic E-state index is -0.734. The Morgan fingerprint density at radius 3 is 3.00 bits per heavy atom. The normalized spacial score (nSPS) is 27.2. The average Bonchev–Trinajstić information content (AvgIpc) is 2.92. The fraction of sp³-hybridized carbons (Fsp3) is 0.500. The van der Waals surface area contributed by atoms with Crippen LogP contribution in [-0.4, -0.2) is 48.5 Å². The molecule has 3 rings (SSSR count). The molecule has 0 radical (unpaired) electrons. The number of rotatable bonds is 2. The van der Waals surface area contributed by atoms with Gasteiger partial charge in [0.1, 0.15) is 17.8 Å². The molecule has 8 nitrogen and oxygen atoms in total. The number of aliphatic hydroxyl groups excluding tert-OH is 2. The molecular formula is C10H12ClN5O3. The first kappa shape index (κ1) is 12.5. The van der Waals surface area contributed by atoms with Crippen LogP contribution >= 0.6 is 11.6 Å². The molecule has 0 saturated carbocycles. The lowest BCUT2D eigenvalue weighted by Gasteiger charge is -2.13. The molecule has 9 heteroatoms. The van der Waals surface area contributed by atoms with Crippen LogP contribution in [0.25, 0.3) is 11.2 Å². The summed E-state index contributed by atoms with van der Waals surface area (Å²) in [6.07, 6.45) is 0.0155. The van der Waals surface area contributed by atoms with Crippen molar-refractivity contribution in [3.63, 3.8) is 0 Å². The van der Waals surface area contributed by atoms with Crippen LogP contribution in [0.5, 0.6) is 0 Å². The Bertz CT molecular complexity index is 618. The molecule has 1 aliphatic rings. The molecule has 0 amide bonds. The number of fused-ring (bicyclic) bond motifs is 1. The van der Waals surface area contributed by atoms with Crippen LogP contribution in [0.3, 0.4) is 0 Å². The second-order valence-corrected chi connectivity index (χ2v) is 4.67. The molecule has 2 aromatic heterocycles. The molecule has 0 bridgehead atoms. The van der Waals surface area contributed by atoms with Crippen molar-refractivity contribution >= 4 is 28.7 Å². The van der Waals surface area contributed by atoms with Crippen molar-refractivity contribution in [3.05, 3.63) is 11.5 Å². The Kier molecular flexibility index (Phi) is 3.02. The van der Waals surface area contributed by atoms with Crippen LogP contribution in [0.15, 0.2) is 6.33 Å². The number of halogens is 1. The van der Waals surface area contributed by atoms with E-state index in [1.54, 1.807) is 4.57 Å². The highest BCUT2D eigenvalue weighted by molar-refractivity contribution is 6.33. The number of imidazole rings is 1. The lowest BCUT2D eigenvalue weighted by atomic mass is 10.2. The first-order chi connectivity index (χ1) is 9.10. The van der Waals surface area contributed by atoms with Gasteiger partial charge in [0.25, 0.3) is 0 Å². The molecule has 2 aromatic rings. The van der Waals surface area contributed by atoms with Gasteiger partial charge in [-0.2, -0.15) is 9.97 Å². The van der Waals surface area contributed by atoms with Crippen LogP contribution in [0, 0.1) is 0 Å². The van der Waals surface area contributed by atoms with Crippen molar-refractivity contribution in [1.82, 2.24) is 19.5 Å². The van der Waals surface area contributed by atoms with Gasteiger partial charge in [0.2, 0.25) is 5.95 Å². The van der Waals surface area contributed by atoms with E-state index in [1.807, 2.05) is 0 Å². The Balaban J connectivity index is 2.02. The fourth-order valence-corrected chi connectivity index (χ4v) is 2.38. The third kappa shape index (κ3) is 2.02. The smallest absolute Gasteiger partial charge is 0.223 e. The SMILES string of the molecule is Nc1nc(Cl)c2ncn(C3C[C@H](O)[C@@H](CO)O3)c2n1. The van der Waals surface area contributed by atoms with Gasteiger partial charge >= 0.3 is 0 Å². The zero-order valence-corrected chi connectivity index (χ0v) is 10.5. The van der Waals surface area contributed by atoms with Crippen LogP contribution < -0.4 is 5.73 Å². The minimum Gasteiger partial charge on any atom is -0.394 e. The highest BCUT2D eigenvalue weighted by Gasteiger charge is 2.35. The lowest BCUT2D eigenvalue weighted by molar-refractivity contribution is -0.0432. The van der Waals surface area contributed by atoms with Crippen molar-refractivity contribution in [2.75, 3.05) is 12.3 Å². The first-order valence-electron chi connectivity index (χ1n) is 5.70. The van der Waals surface area contributed by atoms with Gasteiger partial charge < -0.3 is 20.7 Å². The van der Waals surface area contributed by atoms with E-state index in [1.165, 1.54) is 6.33 Å². The number of nitrogens with two attached hydrogens (primary N) is 1. The van der Waals surface area contributed by atoms with Gasteiger partial charge in [-0.05, 0) is 0 Å². The highest BCUT2D eigenvalue weighted by atomic mass is 35.5. The quantitative estimate of drug-likeness (QED) is 0.648. The summed E-state index contributed by atoms with van der Waals surface area (Å²) in [6.45, 7) is -0.248. The van der Waals surface area contributed by atoms with E-state index in [9.17, 15) is 5.11 Å². The maximum Gasteiger partial charge on any atom is 0.223 e. The zero-order valence-electron chi connectivity index (χ0n) is 9.77. The molecule has 3 atom stereocenters. The summed E-state index contributed by atoms with van der Waals surface area (Å²) in [5.74, 6) is 0.0384. The molecule has 1 aliphatic heterocycles. The van der Waals surface area contributed by atoms with Crippen molar-refractivity contribution in [3.8, 4) is 0 Å². The van der Waals surface area contributed by atoms with E-state index in [-0.39, 0.29) is 17.7 Å². The summed E-state index contributed by atoms with van der Waals surface area (Å²) in [5, 5.41) is 19.0. The molecule has 1 fully saturated rings. The van der Waals surface area contributed by atoms with E-state index in [2.05, 4.69) is 15.0 Å². The largest absolute Gasteiger partial charge is 0.394 e. The van der Waals surface area contributed by atoms with Crippen LogP contribution in [0.4, 0.5) is 5.95 Å². The van der Waals surface area contributed by atoms with E-state index >= 15 is 0 Å². The van der Waals surface area contributed by atoms with Gasteiger partial charge in [0, 0.05) is 6.42 Å². The third-order valence-electron chi connectivity index (χ3n) is 3.09. The third-order valence-corrected chi connectivity index (χ3v) is 3.35. The summed E-state index contributed by atoms with van der Waals surface area (Å²) in [4.78, 5) is 12.0. The number of anilines is 1. The maximum absolute atomic E-state index is 9.74. The molecular weight excluding hydrogens is 274 g/mol. The highest BCUT2D eigenvalue weighted by Crippen LogP contribution is 2.31. The molecule has 0 aromatic carbocycles. The summed E-state index contributed by atoms with van der Waals surface area (Å²) in [5.41, 5.74) is 6.41. The Morgan fingerprint density at radius 2 is 2.32 bits per heavy atom. The molecule has 102 valence electrons. The van der Waals surface area contributed by atoms with Crippen LogP contribution in [0.2, 0.25) is 5.15 Å². The standard InChI is InChI=1S/C10H12ClN5O3/c11-8-7-9(15-10(12)14-8)16(3-13-7)6-1-4(18)5(2-17)19-6/h3-6,17-18H,1-2H2,(H2,12,14,15)/t4-,5+,6?/m0/s1. The van der Waals surface area contributed by atoms with Gasteiger partial charge in [-0.25, -0.2) is 4.98 Å². The van der Waals surface area contributed by atoms with Crippen molar-refractivity contribution in [1.29, 1.82) is 0 Å². The Morgan fingerprint density at radius 1 is 1.53 bits per heavy atom. The maximum atomic E-state index is 9.74. The molecule has 0 aliphatic carbocycles. The predicted molar refractivity (Wildman–Crippen MR) is 66.4 cm³/mol. The molecule has 4 N–H and O–H groups in total. The van der Waals surface area contributed by atoms with Crippen molar-refractivity contribution in [2.45, 2.75) is 24.9 Å². The van der Waals surface area contributed by atoms with E-state index in [0.29, 0.717) is 17.6 Å². The summed E-state index contributed by atoms with van der Waals surface area (Å²) in [7, 11) is 0. The fourth-order valence-electron chi connectivity index (χ4n) is 2.16. The number of nitrogen functional groups attached to an aromatic ring is 1. The number of hydrogen-bond donors (Lipinski definition) is 3. The summed E-state index contributed by atoms with van der Waals surface area (Å²) >= 11 is 5.93. The Hall–Kier alpha value is -1.48. The predicted octanol–water partition coefficient (Wildman–Crippen LogP) is -0.297. The number of hydrogen-bond acceptors (Lipinski definition) is 7. The topological polar surface area (TPSA) is 119 Å².